The van der Waals surface area contributed by atoms with Crippen LogP contribution in [0.25, 0.3) is 0 Å². The zero-order valence-corrected chi connectivity index (χ0v) is 21.1. The van der Waals surface area contributed by atoms with Gasteiger partial charge in [0.1, 0.15) is 9.84 Å². The molecule has 0 bridgehead atoms. The molecular formula is C21H36IN3O3S. The highest BCUT2D eigenvalue weighted by Gasteiger charge is 2.27. The minimum absolute atomic E-state index is 0. The second-order valence-electron chi connectivity index (χ2n) is 7.79. The van der Waals surface area contributed by atoms with E-state index in [1.54, 1.807) is 0 Å². The van der Waals surface area contributed by atoms with Crippen LogP contribution in [0.5, 0.6) is 0 Å². The number of hydrogen-bond donors (Lipinski definition) is 2. The second kappa shape index (κ2) is 12.7. The van der Waals surface area contributed by atoms with Gasteiger partial charge < -0.3 is 15.4 Å². The van der Waals surface area contributed by atoms with E-state index in [1.165, 1.54) is 17.4 Å². The summed E-state index contributed by atoms with van der Waals surface area (Å²) < 4.78 is 28.9. The van der Waals surface area contributed by atoms with Gasteiger partial charge in [0.25, 0.3) is 0 Å². The topological polar surface area (TPSA) is 79.8 Å². The molecule has 1 aromatic carbocycles. The molecular weight excluding hydrogens is 501 g/mol. The lowest BCUT2D eigenvalue weighted by Crippen LogP contribution is -2.43. The molecule has 1 aliphatic rings. The minimum atomic E-state index is -2.95. The Morgan fingerprint density at radius 2 is 2.00 bits per heavy atom. The molecule has 1 saturated heterocycles. The summed E-state index contributed by atoms with van der Waals surface area (Å²) in [5, 5.41) is 6.59. The number of nitrogens with zero attached hydrogens (tertiary/aromatic N) is 1. The molecule has 6 nitrogen and oxygen atoms in total. The van der Waals surface area contributed by atoms with Crippen LogP contribution in [0.4, 0.5) is 0 Å². The molecule has 0 radical (unpaired) electrons. The lowest BCUT2D eigenvalue weighted by Gasteiger charge is -2.31. The summed E-state index contributed by atoms with van der Waals surface area (Å²) in [6.07, 6.45) is 4.04. The van der Waals surface area contributed by atoms with Gasteiger partial charge in [-0.1, -0.05) is 29.8 Å². The molecule has 29 heavy (non-hydrogen) atoms. The molecule has 1 heterocycles. The van der Waals surface area contributed by atoms with E-state index in [2.05, 4.69) is 41.8 Å². The van der Waals surface area contributed by atoms with Crippen molar-refractivity contribution in [2.75, 3.05) is 31.7 Å². The van der Waals surface area contributed by atoms with Crippen molar-refractivity contribution in [2.45, 2.75) is 52.2 Å². The van der Waals surface area contributed by atoms with E-state index in [1.807, 2.05) is 13.8 Å². The summed E-state index contributed by atoms with van der Waals surface area (Å²) in [6.45, 7) is 8.32. The Morgan fingerprint density at radius 1 is 1.31 bits per heavy atom. The summed E-state index contributed by atoms with van der Waals surface area (Å²) >= 11 is 0. The maximum atomic E-state index is 11.4. The van der Waals surface area contributed by atoms with E-state index < -0.39 is 9.84 Å². The van der Waals surface area contributed by atoms with Crippen molar-refractivity contribution in [3.05, 3.63) is 35.4 Å². The number of sulfone groups is 1. The standard InChI is InChI=1S/C21H35N3O3S.HI/c1-5-22-21(24-17(3)12-14-28(4,25)26)23-15-19-7-6-13-27-20(19)18-10-8-16(2)9-11-18;/h8-11,17,19-20H,5-7,12-15H2,1-4H3,(H2,22,23,24);1H. The molecule has 3 unspecified atom stereocenters. The molecule has 3 atom stereocenters. The van der Waals surface area contributed by atoms with Crippen molar-refractivity contribution < 1.29 is 13.2 Å². The minimum Gasteiger partial charge on any atom is -0.373 e. The Balaban J connectivity index is 0.00000420. The summed E-state index contributed by atoms with van der Waals surface area (Å²) in [6, 6.07) is 8.59. The van der Waals surface area contributed by atoms with Crippen LogP contribution in [0, 0.1) is 12.8 Å². The molecule has 0 spiro atoms. The first-order valence-corrected chi connectivity index (χ1v) is 12.2. The highest BCUT2D eigenvalue weighted by molar-refractivity contribution is 14.0. The maximum absolute atomic E-state index is 11.4. The number of hydrogen-bond acceptors (Lipinski definition) is 4. The number of ether oxygens (including phenoxy) is 1. The van der Waals surface area contributed by atoms with Gasteiger partial charge >= 0.3 is 0 Å². The number of halogens is 1. The van der Waals surface area contributed by atoms with Crippen molar-refractivity contribution in [1.82, 2.24) is 10.6 Å². The van der Waals surface area contributed by atoms with E-state index in [0.717, 1.165) is 32.0 Å². The van der Waals surface area contributed by atoms with Crippen molar-refractivity contribution >= 4 is 39.8 Å². The number of rotatable bonds is 8. The molecule has 8 heteroatoms. The Bertz CT molecular complexity index is 738. The number of nitrogens with one attached hydrogen (secondary N) is 2. The number of guanidine groups is 1. The number of benzene rings is 1. The van der Waals surface area contributed by atoms with Crippen LogP contribution < -0.4 is 10.6 Å². The van der Waals surface area contributed by atoms with E-state index >= 15 is 0 Å². The van der Waals surface area contributed by atoms with E-state index in [-0.39, 0.29) is 41.9 Å². The first-order valence-electron chi connectivity index (χ1n) is 10.2. The van der Waals surface area contributed by atoms with Gasteiger partial charge in [-0.3, -0.25) is 4.99 Å². The molecule has 0 saturated carbocycles. The van der Waals surface area contributed by atoms with Crippen LogP contribution in [0.1, 0.15) is 50.3 Å². The fourth-order valence-corrected chi connectivity index (χ4v) is 4.16. The van der Waals surface area contributed by atoms with Crippen molar-refractivity contribution in [3.63, 3.8) is 0 Å². The van der Waals surface area contributed by atoms with Gasteiger partial charge in [0, 0.05) is 37.9 Å². The fourth-order valence-electron chi connectivity index (χ4n) is 3.38. The Hall–Kier alpha value is -0.870. The Kier molecular flexibility index (Phi) is 11.5. The quantitative estimate of drug-likeness (QED) is 0.302. The normalized spacial score (nSPS) is 21.2. The van der Waals surface area contributed by atoms with Gasteiger partial charge in [-0.25, -0.2) is 8.42 Å². The molecule has 2 rings (SSSR count). The van der Waals surface area contributed by atoms with E-state index in [9.17, 15) is 8.42 Å². The van der Waals surface area contributed by atoms with Crippen LogP contribution in [0.2, 0.25) is 0 Å². The monoisotopic (exact) mass is 537 g/mol. The van der Waals surface area contributed by atoms with Gasteiger partial charge in [0.2, 0.25) is 0 Å². The van der Waals surface area contributed by atoms with Gasteiger partial charge in [-0.15, -0.1) is 24.0 Å². The SMILES string of the molecule is CCNC(=NCC1CCCOC1c1ccc(C)cc1)NC(C)CCS(C)(=O)=O.I. The van der Waals surface area contributed by atoms with E-state index in [4.69, 9.17) is 9.73 Å². The summed E-state index contributed by atoms with van der Waals surface area (Å²) in [7, 11) is -2.95. The van der Waals surface area contributed by atoms with Gasteiger partial charge in [-0.05, 0) is 45.6 Å². The second-order valence-corrected chi connectivity index (χ2v) is 10.0. The molecule has 0 amide bonds. The third-order valence-electron chi connectivity index (χ3n) is 4.98. The smallest absolute Gasteiger partial charge is 0.191 e. The molecule has 1 aromatic rings. The molecule has 0 aromatic heterocycles. The third-order valence-corrected chi connectivity index (χ3v) is 5.96. The van der Waals surface area contributed by atoms with Crippen LogP contribution in [0.3, 0.4) is 0 Å². The highest BCUT2D eigenvalue weighted by Crippen LogP contribution is 2.33. The zero-order chi connectivity index (χ0) is 20.6. The summed E-state index contributed by atoms with van der Waals surface area (Å²) in [5.41, 5.74) is 2.46. The van der Waals surface area contributed by atoms with Crippen LogP contribution >= 0.6 is 24.0 Å². The number of aryl methyl sites for hydroxylation is 1. The molecule has 166 valence electrons. The Morgan fingerprint density at radius 3 is 2.62 bits per heavy atom. The lowest BCUT2D eigenvalue weighted by atomic mass is 9.89. The van der Waals surface area contributed by atoms with Crippen molar-refractivity contribution in [3.8, 4) is 0 Å². The van der Waals surface area contributed by atoms with Crippen LogP contribution in [0.15, 0.2) is 29.3 Å². The lowest BCUT2D eigenvalue weighted by molar-refractivity contribution is -0.0250. The average molecular weight is 538 g/mol. The summed E-state index contributed by atoms with van der Waals surface area (Å²) in [4.78, 5) is 4.78. The van der Waals surface area contributed by atoms with Crippen molar-refractivity contribution in [2.24, 2.45) is 10.9 Å². The third kappa shape index (κ3) is 9.65. The van der Waals surface area contributed by atoms with Crippen LogP contribution in [-0.4, -0.2) is 52.1 Å². The predicted octanol–water partition coefficient (Wildman–Crippen LogP) is 3.46. The molecule has 0 aliphatic carbocycles. The molecule has 2 N–H and O–H groups in total. The first kappa shape index (κ1) is 26.2. The largest absolute Gasteiger partial charge is 0.373 e. The summed E-state index contributed by atoms with van der Waals surface area (Å²) in [5.74, 6) is 1.24. The first-order chi connectivity index (χ1) is 13.3. The number of aliphatic imine (C=N–C) groups is 1. The molecule has 1 fully saturated rings. The fraction of sp³-hybridized carbons (Fsp3) is 0.667. The van der Waals surface area contributed by atoms with E-state index in [0.29, 0.717) is 18.9 Å². The van der Waals surface area contributed by atoms with Crippen molar-refractivity contribution in [1.29, 1.82) is 0 Å². The average Bonchev–Trinajstić information content (AvgIpc) is 2.65. The van der Waals surface area contributed by atoms with Gasteiger partial charge in [-0.2, -0.15) is 0 Å². The van der Waals surface area contributed by atoms with Crippen LogP contribution in [-0.2, 0) is 14.6 Å². The zero-order valence-electron chi connectivity index (χ0n) is 18.0. The Labute approximate surface area is 193 Å². The maximum Gasteiger partial charge on any atom is 0.191 e. The highest BCUT2D eigenvalue weighted by atomic mass is 127. The van der Waals surface area contributed by atoms with Gasteiger partial charge in [0.15, 0.2) is 5.96 Å². The molecule has 1 aliphatic heterocycles. The van der Waals surface area contributed by atoms with Gasteiger partial charge in [0.05, 0.1) is 11.9 Å². The predicted molar refractivity (Wildman–Crippen MR) is 131 cm³/mol.